The third-order valence-corrected chi connectivity index (χ3v) is 9.65. The standard InChI is InChI=1S/C37H33N2.C13H9F3N.Ir/c1-25(2)32-23-31(29-21-19-28(20-22-29)27-13-7-5-8-14-27)24-33(26(3)4)36(32)39-35-18-12-11-17-34(35)38-37(39)30-15-9-6-10-16-30;1-9-2-7-12(17-8-9)10-3-5-11(6-4-10)13(14,15)16;/h5-15,17-26H,1-4H3;2-3,5-8H,1H3;/q2*-1;/i;1D3;. The number of rotatable bonds is 7. The first kappa shape index (κ1) is 37.0. The van der Waals surface area contributed by atoms with Crippen molar-refractivity contribution in [2.24, 2.45) is 0 Å². The number of alkyl halides is 3. The Labute approximate surface area is 350 Å². The first-order chi connectivity index (χ1) is 28.2. The molecule has 0 unspecified atom stereocenters. The van der Waals surface area contributed by atoms with Crippen LogP contribution in [0.1, 0.15) is 65.9 Å². The monoisotopic (exact) mass is 937 g/mol. The van der Waals surface area contributed by atoms with E-state index in [1.807, 2.05) is 12.1 Å². The number of para-hydroxylation sites is 2. The normalized spacial score (nSPS) is 12.3. The molecule has 0 saturated carbocycles. The van der Waals surface area contributed by atoms with Crippen LogP contribution < -0.4 is 0 Å². The molecule has 0 saturated heterocycles. The summed E-state index contributed by atoms with van der Waals surface area (Å²) in [4.78, 5) is 9.05. The smallest absolute Gasteiger partial charge is 0.333 e. The van der Waals surface area contributed by atoms with Crippen molar-refractivity contribution >= 4 is 11.0 Å². The van der Waals surface area contributed by atoms with Crippen LogP contribution >= 0.6 is 0 Å². The maximum absolute atomic E-state index is 12.4. The quantitative estimate of drug-likeness (QED) is 0.149. The fourth-order valence-electron chi connectivity index (χ4n) is 6.75. The number of hydrogen-bond acceptors (Lipinski definition) is 2. The zero-order chi connectivity index (χ0) is 41.9. The van der Waals surface area contributed by atoms with Gasteiger partial charge in [-0.2, -0.15) is 13.2 Å². The van der Waals surface area contributed by atoms with E-state index in [1.54, 1.807) is 0 Å². The molecule has 0 N–H and O–H groups in total. The van der Waals surface area contributed by atoms with Crippen molar-refractivity contribution in [3.05, 3.63) is 186 Å². The third-order valence-electron chi connectivity index (χ3n) is 9.65. The number of hydrogen-bond donors (Lipinski definition) is 0. The summed E-state index contributed by atoms with van der Waals surface area (Å²) in [5, 5.41) is 0. The van der Waals surface area contributed by atoms with E-state index in [1.165, 1.54) is 63.5 Å². The summed E-state index contributed by atoms with van der Waals surface area (Å²) in [5.74, 6) is 1.59. The number of aryl methyl sites for hydroxylation is 1. The van der Waals surface area contributed by atoms with Crippen molar-refractivity contribution in [3.8, 4) is 50.6 Å². The number of halogens is 3. The summed E-state index contributed by atoms with van der Waals surface area (Å²) in [6.07, 6.45) is -3.22. The zero-order valence-electron chi connectivity index (χ0n) is 34.9. The molecular weight excluding hydrogens is 892 g/mol. The SMILES string of the molecule is CC(C)c1cc(-c2ccc(-c3ccccc3)cc2)cc(C(C)C)c1-n1c(-c2[c-]cccc2)nc2ccccc21.[2H]C([2H])([2H])c1ccc(-c2[c-]cc(C(F)(F)F)cc2)nc1.[Ir]. The van der Waals surface area contributed by atoms with E-state index < -0.39 is 18.6 Å². The Bertz CT molecular complexity index is 2570. The molecule has 1 radical (unpaired) electrons. The maximum atomic E-state index is 12.4. The molecule has 289 valence electrons. The fourth-order valence-corrected chi connectivity index (χ4v) is 6.75. The number of nitrogens with zero attached hydrogens (tertiary/aromatic N) is 3. The van der Waals surface area contributed by atoms with Crippen molar-refractivity contribution in [1.82, 2.24) is 14.5 Å². The van der Waals surface area contributed by atoms with Gasteiger partial charge in [0.2, 0.25) is 0 Å². The molecule has 0 spiro atoms. The molecule has 8 aromatic rings. The van der Waals surface area contributed by atoms with Gasteiger partial charge < -0.3 is 9.55 Å². The number of aromatic nitrogens is 3. The van der Waals surface area contributed by atoms with E-state index >= 15 is 0 Å². The second kappa shape index (κ2) is 17.7. The Morgan fingerprint density at radius 3 is 1.84 bits per heavy atom. The molecule has 0 amide bonds. The van der Waals surface area contributed by atoms with E-state index in [-0.39, 0.29) is 25.7 Å². The molecular formula is C50H42F3IrN3-2. The van der Waals surface area contributed by atoms with E-state index in [9.17, 15) is 13.2 Å². The minimum absolute atomic E-state index is 0. The second-order valence-electron chi connectivity index (χ2n) is 14.2. The number of imidazole rings is 1. The van der Waals surface area contributed by atoms with E-state index in [2.05, 4.69) is 153 Å². The minimum atomic E-state index is -4.41. The van der Waals surface area contributed by atoms with Gasteiger partial charge in [-0.25, -0.2) is 0 Å². The Balaban J connectivity index is 0.000000243. The van der Waals surface area contributed by atoms with Crippen LogP contribution in [0.15, 0.2) is 152 Å². The van der Waals surface area contributed by atoms with Crippen LogP contribution in [-0.4, -0.2) is 14.5 Å². The van der Waals surface area contributed by atoms with Gasteiger partial charge >= 0.3 is 6.18 Å². The predicted octanol–water partition coefficient (Wildman–Crippen LogP) is 13.9. The number of pyridine rings is 1. The van der Waals surface area contributed by atoms with Crippen LogP contribution in [0.5, 0.6) is 0 Å². The van der Waals surface area contributed by atoms with Gasteiger partial charge in [0.05, 0.1) is 16.9 Å². The van der Waals surface area contributed by atoms with Crippen LogP contribution in [0.4, 0.5) is 13.2 Å². The van der Waals surface area contributed by atoms with Gasteiger partial charge in [-0.1, -0.05) is 107 Å². The Kier molecular flexibility index (Phi) is 11.5. The van der Waals surface area contributed by atoms with Crippen molar-refractivity contribution in [2.45, 2.75) is 52.6 Å². The Hall–Kier alpha value is -5.62. The van der Waals surface area contributed by atoms with E-state index in [0.717, 1.165) is 34.6 Å². The molecule has 0 fully saturated rings. The molecule has 0 aliphatic heterocycles. The van der Waals surface area contributed by atoms with Gasteiger partial charge in [-0.15, -0.1) is 65.7 Å². The summed E-state index contributed by atoms with van der Waals surface area (Å²) >= 11 is 0. The summed E-state index contributed by atoms with van der Waals surface area (Å²) in [5.41, 5.74) is 12.0. The second-order valence-corrected chi connectivity index (χ2v) is 14.2. The number of benzene rings is 6. The summed E-state index contributed by atoms with van der Waals surface area (Å²) in [6, 6.07) is 52.7. The summed E-state index contributed by atoms with van der Waals surface area (Å²) in [7, 11) is 0. The maximum Gasteiger partial charge on any atom is 0.381 e. The molecule has 0 aliphatic rings. The fraction of sp³-hybridized carbons (Fsp3) is 0.160. The molecule has 3 nitrogen and oxygen atoms in total. The first-order valence-corrected chi connectivity index (χ1v) is 18.5. The van der Waals surface area contributed by atoms with Crippen LogP contribution in [0.25, 0.3) is 61.6 Å². The van der Waals surface area contributed by atoms with Gasteiger partial charge in [0, 0.05) is 36.1 Å². The molecule has 0 bridgehead atoms. The summed E-state index contributed by atoms with van der Waals surface area (Å²) in [6.45, 7) is 6.91. The van der Waals surface area contributed by atoms with Gasteiger partial charge in [0.15, 0.2) is 0 Å². The van der Waals surface area contributed by atoms with Gasteiger partial charge in [-0.3, -0.25) is 4.98 Å². The van der Waals surface area contributed by atoms with Gasteiger partial charge in [0.25, 0.3) is 0 Å². The van der Waals surface area contributed by atoms with Crippen molar-refractivity contribution in [3.63, 3.8) is 0 Å². The Morgan fingerprint density at radius 1 is 0.649 bits per heavy atom. The van der Waals surface area contributed by atoms with Crippen LogP contribution in [0.2, 0.25) is 0 Å². The van der Waals surface area contributed by atoms with Crippen molar-refractivity contribution in [2.75, 3.05) is 0 Å². The minimum Gasteiger partial charge on any atom is -0.333 e. The van der Waals surface area contributed by atoms with Crippen LogP contribution in [0.3, 0.4) is 0 Å². The molecule has 0 aliphatic carbocycles. The van der Waals surface area contributed by atoms with E-state index in [0.29, 0.717) is 23.1 Å². The molecule has 8 rings (SSSR count). The molecule has 57 heavy (non-hydrogen) atoms. The molecule has 7 heteroatoms. The topological polar surface area (TPSA) is 30.7 Å². The molecule has 2 aromatic heterocycles. The Morgan fingerprint density at radius 2 is 1.28 bits per heavy atom. The molecule has 6 aromatic carbocycles. The zero-order valence-corrected chi connectivity index (χ0v) is 34.3. The van der Waals surface area contributed by atoms with Crippen molar-refractivity contribution < 1.29 is 37.4 Å². The van der Waals surface area contributed by atoms with Gasteiger partial charge in [0.1, 0.15) is 0 Å². The van der Waals surface area contributed by atoms with Gasteiger partial charge in [-0.05, 0) is 93.2 Å². The average molecular weight is 937 g/mol. The average Bonchev–Trinajstić information content (AvgIpc) is 3.63. The predicted molar refractivity (Wildman–Crippen MR) is 223 cm³/mol. The summed E-state index contributed by atoms with van der Waals surface area (Å²) < 4.78 is 61.2. The van der Waals surface area contributed by atoms with Crippen LogP contribution in [-0.2, 0) is 26.3 Å². The van der Waals surface area contributed by atoms with Crippen LogP contribution in [0, 0.1) is 19.0 Å². The largest absolute Gasteiger partial charge is 0.381 e. The molecule has 0 atom stereocenters. The van der Waals surface area contributed by atoms with Crippen molar-refractivity contribution in [1.29, 1.82) is 0 Å². The van der Waals surface area contributed by atoms with E-state index in [4.69, 9.17) is 9.10 Å². The third kappa shape index (κ3) is 9.17. The first-order valence-electron chi connectivity index (χ1n) is 20.0. The number of fused-ring (bicyclic) bond motifs is 1. The molecule has 2 heterocycles.